The molecule has 0 heterocycles. The van der Waals surface area contributed by atoms with Crippen LogP contribution in [0.2, 0.25) is 18.1 Å². The Balaban J connectivity index is 2.15. The van der Waals surface area contributed by atoms with Gasteiger partial charge in [0.2, 0.25) is 0 Å². The van der Waals surface area contributed by atoms with Gasteiger partial charge in [0.25, 0.3) is 0 Å². The van der Waals surface area contributed by atoms with Crippen LogP contribution in [-0.2, 0) is 20.1 Å². The molecule has 0 aliphatic heterocycles. The largest absolute Gasteiger partial charge is 0.491 e. The summed E-state index contributed by atoms with van der Waals surface area (Å²) in [4.78, 5) is 11.3. The summed E-state index contributed by atoms with van der Waals surface area (Å²) in [5.74, 6) is 0.355. The number of unbranched alkanes of at least 4 members (excludes halogenated alkanes) is 1. The van der Waals surface area contributed by atoms with Gasteiger partial charge in [-0.05, 0) is 79.8 Å². The van der Waals surface area contributed by atoms with Crippen molar-refractivity contribution in [2.24, 2.45) is 17.8 Å². The molecule has 1 saturated carbocycles. The van der Waals surface area contributed by atoms with E-state index in [9.17, 15) is 23.1 Å². The average Bonchev–Trinajstić information content (AvgIpc) is 3.13. The Morgan fingerprint density at radius 1 is 1.20 bits per heavy atom. The third-order valence-electron chi connectivity index (χ3n) is 8.19. The molecule has 1 aromatic carbocycles. The SMILES string of the molecule is COC(=O)CCC/C=C\C[C@@H]1[C@@H](/C=C/[C@H](COc2cccc(C(F)(F)F)c2)O[Si](C)(C)C(C)(C)C)[C@H](C)C[C@@H]1O. The van der Waals surface area contributed by atoms with Gasteiger partial charge in [-0.1, -0.05) is 58.1 Å². The molecule has 226 valence electrons. The predicted molar refractivity (Wildman–Crippen MR) is 155 cm³/mol. The molecule has 0 spiro atoms. The van der Waals surface area contributed by atoms with Crippen molar-refractivity contribution in [3.05, 3.63) is 54.1 Å². The summed E-state index contributed by atoms with van der Waals surface area (Å²) in [7, 11) is -0.838. The summed E-state index contributed by atoms with van der Waals surface area (Å²) in [5.41, 5.74) is -0.752. The number of aliphatic hydroxyl groups is 1. The first-order chi connectivity index (χ1) is 18.5. The normalized spacial score (nSPS) is 23.2. The van der Waals surface area contributed by atoms with E-state index in [1.54, 1.807) is 0 Å². The Bertz CT molecular complexity index is 999. The smallest absolute Gasteiger partial charge is 0.416 e. The topological polar surface area (TPSA) is 65.0 Å². The lowest BCUT2D eigenvalue weighted by Gasteiger charge is -2.38. The second-order valence-corrected chi connectivity index (χ2v) is 17.1. The zero-order valence-corrected chi connectivity index (χ0v) is 26.0. The number of aliphatic hydroxyl groups excluding tert-OH is 1. The quantitative estimate of drug-likeness (QED) is 0.110. The van der Waals surface area contributed by atoms with Crippen molar-refractivity contribution < 1.29 is 37.0 Å². The molecule has 0 amide bonds. The van der Waals surface area contributed by atoms with Crippen LogP contribution in [0.5, 0.6) is 5.75 Å². The number of rotatable bonds is 13. The summed E-state index contributed by atoms with van der Waals surface area (Å²) in [6.07, 6.45) is 6.16. The number of alkyl halides is 3. The number of benzene rings is 1. The summed E-state index contributed by atoms with van der Waals surface area (Å²) < 4.78 is 56.7. The predicted octanol–water partition coefficient (Wildman–Crippen LogP) is 7.95. The van der Waals surface area contributed by atoms with Crippen molar-refractivity contribution in [2.45, 2.75) is 96.3 Å². The molecule has 1 N–H and O–H groups in total. The van der Waals surface area contributed by atoms with E-state index in [2.05, 4.69) is 57.7 Å². The van der Waals surface area contributed by atoms with Gasteiger partial charge in [0.15, 0.2) is 8.32 Å². The van der Waals surface area contributed by atoms with Crippen LogP contribution in [0.1, 0.15) is 65.4 Å². The molecular formula is C31H47F3O5Si. The molecule has 5 atom stereocenters. The molecule has 1 aromatic rings. The van der Waals surface area contributed by atoms with E-state index in [1.807, 2.05) is 12.2 Å². The van der Waals surface area contributed by atoms with Gasteiger partial charge in [0, 0.05) is 6.42 Å². The summed E-state index contributed by atoms with van der Waals surface area (Å²) in [6.45, 7) is 12.9. The van der Waals surface area contributed by atoms with E-state index in [4.69, 9.17) is 9.16 Å². The molecule has 0 bridgehead atoms. The third kappa shape index (κ3) is 10.4. The van der Waals surface area contributed by atoms with Gasteiger partial charge in [0.05, 0.1) is 24.9 Å². The lowest BCUT2D eigenvalue weighted by Crippen LogP contribution is -2.45. The Morgan fingerprint density at radius 3 is 2.52 bits per heavy atom. The van der Waals surface area contributed by atoms with Gasteiger partial charge < -0.3 is 19.0 Å². The van der Waals surface area contributed by atoms with Crippen LogP contribution in [0.3, 0.4) is 0 Å². The maximum Gasteiger partial charge on any atom is 0.416 e. The lowest BCUT2D eigenvalue weighted by molar-refractivity contribution is -0.140. The molecule has 0 saturated heterocycles. The van der Waals surface area contributed by atoms with Gasteiger partial charge in [-0.2, -0.15) is 13.2 Å². The molecule has 5 nitrogen and oxygen atoms in total. The fourth-order valence-corrected chi connectivity index (χ4v) is 6.01. The zero-order valence-electron chi connectivity index (χ0n) is 25.0. The summed E-state index contributed by atoms with van der Waals surface area (Å²) in [5, 5.41) is 10.7. The Hall–Kier alpha value is -2.10. The van der Waals surface area contributed by atoms with E-state index >= 15 is 0 Å². The van der Waals surface area contributed by atoms with Gasteiger partial charge in [-0.15, -0.1) is 0 Å². The average molecular weight is 585 g/mol. The molecule has 40 heavy (non-hydrogen) atoms. The van der Waals surface area contributed by atoms with Crippen molar-refractivity contribution in [2.75, 3.05) is 13.7 Å². The first-order valence-corrected chi connectivity index (χ1v) is 17.0. The van der Waals surface area contributed by atoms with E-state index in [0.717, 1.165) is 18.6 Å². The van der Waals surface area contributed by atoms with Crippen LogP contribution in [0.4, 0.5) is 13.2 Å². The minimum atomic E-state index is -4.44. The second-order valence-electron chi connectivity index (χ2n) is 12.3. The number of hydrogen-bond acceptors (Lipinski definition) is 5. The Kier molecular flexibility index (Phi) is 12.5. The molecule has 1 aliphatic carbocycles. The minimum Gasteiger partial charge on any atom is -0.491 e. The fraction of sp³-hybridized carbons (Fsp3) is 0.645. The zero-order chi connectivity index (χ0) is 30.1. The van der Waals surface area contributed by atoms with Gasteiger partial charge in [-0.25, -0.2) is 0 Å². The van der Waals surface area contributed by atoms with Crippen LogP contribution in [0.15, 0.2) is 48.6 Å². The fourth-order valence-electron chi connectivity index (χ4n) is 4.75. The van der Waals surface area contributed by atoms with Gasteiger partial charge in [0.1, 0.15) is 12.4 Å². The first kappa shape index (κ1) is 34.1. The summed E-state index contributed by atoms with van der Waals surface area (Å²) >= 11 is 0. The van der Waals surface area contributed by atoms with Gasteiger partial charge >= 0.3 is 12.1 Å². The van der Waals surface area contributed by atoms with Crippen LogP contribution in [0.25, 0.3) is 0 Å². The van der Waals surface area contributed by atoms with E-state index in [0.29, 0.717) is 25.7 Å². The van der Waals surface area contributed by atoms with E-state index in [-0.39, 0.29) is 41.1 Å². The number of ether oxygens (including phenoxy) is 2. The third-order valence-corrected chi connectivity index (χ3v) is 12.7. The van der Waals surface area contributed by atoms with Crippen molar-refractivity contribution >= 4 is 14.3 Å². The van der Waals surface area contributed by atoms with Crippen molar-refractivity contribution in [3.8, 4) is 5.75 Å². The van der Waals surface area contributed by atoms with E-state index in [1.165, 1.54) is 19.2 Å². The van der Waals surface area contributed by atoms with Crippen molar-refractivity contribution in [3.63, 3.8) is 0 Å². The lowest BCUT2D eigenvalue weighted by atomic mass is 9.87. The maximum absolute atomic E-state index is 13.2. The molecule has 9 heteroatoms. The maximum atomic E-state index is 13.2. The molecule has 2 rings (SSSR count). The number of hydrogen-bond donors (Lipinski definition) is 1. The highest BCUT2D eigenvalue weighted by atomic mass is 28.4. The number of methoxy groups -OCH3 is 1. The molecule has 0 radical (unpaired) electrons. The summed E-state index contributed by atoms with van der Waals surface area (Å²) in [6, 6.07) is 4.89. The molecule has 0 unspecified atom stereocenters. The standard InChI is InChI=1S/C31H47F3O5Si/c1-22-19-28(35)27(15-10-8-9-11-16-29(36)37-5)26(22)18-17-25(39-40(6,7)30(2,3)4)21-38-24-14-12-13-23(20-24)31(32,33)34/h8,10,12-14,17-18,20,22,25-28,35H,9,11,15-16,19,21H2,1-7H3/b10-8-,18-17+/t22-,25-,26+,27-,28+/m1/s1. The number of halogens is 3. The minimum absolute atomic E-state index is 0.0426. The van der Waals surface area contributed by atoms with Crippen LogP contribution in [0, 0.1) is 17.8 Å². The first-order valence-electron chi connectivity index (χ1n) is 14.1. The number of esters is 1. The molecular weight excluding hydrogens is 537 g/mol. The van der Waals surface area contributed by atoms with Crippen molar-refractivity contribution in [1.29, 1.82) is 0 Å². The number of allylic oxidation sites excluding steroid dienone is 3. The second kappa shape index (κ2) is 14.7. The highest BCUT2D eigenvalue weighted by Gasteiger charge is 2.40. The van der Waals surface area contributed by atoms with Crippen molar-refractivity contribution in [1.82, 2.24) is 0 Å². The molecule has 0 aromatic heterocycles. The van der Waals surface area contributed by atoms with Crippen LogP contribution < -0.4 is 4.74 Å². The molecule has 1 fully saturated rings. The van der Waals surface area contributed by atoms with Crippen LogP contribution >= 0.6 is 0 Å². The monoisotopic (exact) mass is 584 g/mol. The van der Waals surface area contributed by atoms with E-state index < -0.39 is 32.3 Å². The highest BCUT2D eigenvalue weighted by molar-refractivity contribution is 6.74. The Morgan fingerprint density at radius 2 is 1.90 bits per heavy atom. The molecule has 1 aliphatic rings. The van der Waals surface area contributed by atoms with Gasteiger partial charge in [-0.3, -0.25) is 4.79 Å². The number of carbonyl (C=O) groups excluding carboxylic acids is 1. The highest BCUT2D eigenvalue weighted by Crippen LogP contribution is 2.41. The Labute approximate surface area is 238 Å². The number of carbonyl (C=O) groups is 1. The van der Waals surface area contributed by atoms with Crippen LogP contribution in [-0.4, -0.2) is 45.3 Å².